The molecule has 2 aliphatic heterocycles. The minimum Gasteiger partial charge on any atom is -0.325 e. The van der Waals surface area contributed by atoms with Crippen molar-refractivity contribution in [3.8, 4) is 0 Å². The normalized spacial score (nSPS) is 17.9. The fourth-order valence-corrected chi connectivity index (χ4v) is 5.02. The van der Waals surface area contributed by atoms with E-state index in [-0.39, 0.29) is 11.8 Å². The molecule has 2 aromatic carbocycles. The molecule has 0 unspecified atom stereocenters. The summed E-state index contributed by atoms with van der Waals surface area (Å²) in [5, 5.41) is 3.60. The van der Waals surface area contributed by atoms with E-state index in [0.717, 1.165) is 16.8 Å². The molecule has 0 radical (unpaired) electrons. The van der Waals surface area contributed by atoms with Gasteiger partial charge in [0, 0.05) is 16.3 Å². The average Bonchev–Trinajstić information content (AvgIpc) is 3.10. The lowest BCUT2D eigenvalue weighted by Crippen LogP contribution is -2.42. The molecule has 0 spiro atoms. The third-order valence-electron chi connectivity index (χ3n) is 5.59. The fourth-order valence-electron chi connectivity index (χ4n) is 3.82. The number of hydrogen-bond donors (Lipinski definition) is 1. The maximum absolute atomic E-state index is 13.3. The lowest BCUT2D eigenvalue weighted by atomic mass is 10.0. The second kappa shape index (κ2) is 9.69. The van der Waals surface area contributed by atoms with Gasteiger partial charge in [-0.2, -0.15) is 0 Å². The highest BCUT2D eigenvalue weighted by Gasteiger charge is 2.42. The Morgan fingerprint density at radius 1 is 1.24 bits per heavy atom. The van der Waals surface area contributed by atoms with Gasteiger partial charge in [-0.15, -0.1) is 0 Å². The van der Waals surface area contributed by atoms with Crippen LogP contribution in [0.15, 0.2) is 52.4 Å². The maximum Gasteiger partial charge on any atom is 0.259 e. The van der Waals surface area contributed by atoms with Crippen molar-refractivity contribution in [2.24, 2.45) is 15.9 Å². The summed E-state index contributed by atoms with van der Waals surface area (Å²) >= 11 is 7.50. The molecule has 0 saturated heterocycles. The minimum absolute atomic E-state index is 0.0833. The highest BCUT2D eigenvalue weighted by atomic mass is 35.5. The third kappa shape index (κ3) is 4.84. The molecule has 33 heavy (non-hydrogen) atoms. The molecule has 2 heterocycles. The van der Waals surface area contributed by atoms with Crippen LogP contribution < -0.4 is 5.32 Å². The van der Waals surface area contributed by atoms with E-state index >= 15 is 0 Å². The summed E-state index contributed by atoms with van der Waals surface area (Å²) in [6.45, 7) is 8.02. The Hall–Kier alpha value is -2.64. The van der Waals surface area contributed by atoms with Gasteiger partial charge < -0.3 is 5.32 Å². The van der Waals surface area contributed by atoms with Crippen molar-refractivity contribution >= 4 is 57.6 Å². The van der Waals surface area contributed by atoms with E-state index < -0.39 is 11.3 Å². The Bertz CT molecular complexity index is 1160. The van der Waals surface area contributed by atoms with Crippen molar-refractivity contribution in [2.45, 2.75) is 51.8 Å². The zero-order valence-electron chi connectivity index (χ0n) is 19.1. The number of nitrogens with zero attached hydrogens (tertiary/aromatic N) is 3. The van der Waals surface area contributed by atoms with Crippen LogP contribution in [0.25, 0.3) is 0 Å². The van der Waals surface area contributed by atoms with Crippen LogP contribution in [0.1, 0.15) is 44.7 Å². The van der Waals surface area contributed by atoms with Crippen LogP contribution in [0.5, 0.6) is 0 Å². The van der Waals surface area contributed by atoms with Crippen LogP contribution in [0.3, 0.4) is 0 Å². The second-order valence-electron chi connectivity index (χ2n) is 8.65. The molecule has 2 atom stereocenters. The van der Waals surface area contributed by atoms with Crippen molar-refractivity contribution in [1.82, 2.24) is 4.90 Å². The predicted molar refractivity (Wildman–Crippen MR) is 137 cm³/mol. The van der Waals surface area contributed by atoms with Crippen LogP contribution in [-0.4, -0.2) is 39.0 Å². The lowest BCUT2D eigenvalue weighted by molar-refractivity contribution is -0.125. The van der Waals surface area contributed by atoms with Gasteiger partial charge in [0.1, 0.15) is 11.9 Å². The molecule has 1 N–H and O–H groups in total. The number of para-hydroxylation sites is 1. The Morgan fingerprint density at radius 3 is 2.70 bits per heavy atom. The van der Waals surface area contributed by atoms with Gasteiger partial charge in [-0.1, -0.05) is 62.3 Å². The van der Waals surface area contributed by atoms with Gasteiger partial charge in [0.25, 0.3) is 5.91 Å². The number of carbonyl (C=O) groups is 2. The number of amidine groups is 2. The summed E-state index contributed by atoms with van der Waals surface area (Å²) < 4.78 is 0. The summed E-state index contributed by atoms with van der Waals surface area (Å²) in [5.74, 6) is 0.718. The average molecular weight is 483 g/mol. The number of benzene rings is 2. The molecule has 0 aromatic heterocycles. The maximum atomic E-state index is 13.3. The van der Waals surface area contributed by atoms with Crippen molar-refractivity contribution in [1.29, 1.82) is 0 Å². The first-order valence-corrected chi connectivity index (χ1v) is 12.4. The number of thioether (sulfide) groups is 1. The zero-order valence-corrected chi connectivity index (χ0v) is 20.7. The summed E-state index contributed by atoms with van der Waals surface area (Å²) in [6, 6.07) is 12.7. The molecule has 2 aromatic rings. The van der Waals surface area contributed by atoms with Crippen molar-refractivity contribution in [2.75, 3.05) is 5.32 Å². The molecule has 2 amide bonds. The molecule has 172 valence electrons. The molecule has 6 nitrogen and oxygen atoms in total. The largest absolute Gasteiger partial charge is 0.325 e. The molecular weight excluding hydrogens is 456 g/mol. The quantitative estimate of drug-likeness (QED) is 0.565. The van der Waals surface area contributed by atoms with Crippen LogP contribution in [0.2, 0.25) is 5.02 Å². The lowest BCUT2D eigenvalue weighted by Gasteiger charge is -2.27. The van der Waals surface area contributed by atoms with Gasteiger partial charge in [0.05, 0.1) is 10.9 Å². The molecule has 0 saturated carbocycles. The molecule has 0 bridgehead atoms. The van der Waals surface area contributed by atoms with E-state index in [4.69, 9.17) is 21.6 Å². The highest BCUT2D eigenvalue weighted by molar-refractivity contribution is 8.15. The Labute approximate surface area is 203 Å². The zero-order chi connectivity index (χ0) is 23.7. The molecule has 2 aliphatic rings. The number of anilines is 1. The Morgan fingerprint density at radius 2 is 2.00 bits per heavy atom. The van der Waals surface area contributed by atoms with Crippen molar-refractivity contribution in [3.63, 3.8) is 0 Å². The molecule has 4 rings (SSSR count). The van der Waals surface area contributed by atoms with Crippen molar-refractivity contribution in [3.05, 3.63) is 58.6 Å². The number of halogens is 1. The van der Waals surface area contributed by atoms with Gasteiger partial charge in [-0.05, 0) is 55.5 Å². The van der Waals surface area contributed by atoms with E-state index in [1.807, 2.05) is 50.2 Å². The number of aliphatic imine (C=N–C) groups is 2. The molecule has 8 heteroatoms. The van der Waals surface area contributed by atoms with E-state index in [0.29, 0.717) is 40.5 Å². The number of aryl methyl sites for hydroxylation is 1. The first kappa shape index (κ1) is 23.5. The molecule has 0 fully saturated rings. The summed E-state index contributed by atoms with van der Waals surface area (Å²) in [5.41, 5.74) is 3.19. The number of nitrogens with one attached hydrogen (secondary N) is 1. The number of rotatable bonds is 6. The van der Waals surface area contributed by atoms with Gasteiger partial charge in [-0.3, -0.25) is 14.6 Å². The number of fused-ring (bicyclic) bond motifs is 3. The first-order chi connectivity index (χ1) is 15.8. The second-order valence-corrected chi connectivity index (χ2v) is 10.2. The van der Waals surface area contributed by atoms with Gasteiger partial charge in [0.15, 0.2) is 5.17 Å². The smallest absolute Gasteiger partial charge is 0.259 e. The van der Waals surface area contributed by atoms with Crippen LogP contribution in [0.4, 0.5) is 11.4 Å². The van der Waals surface area contributed by atoms with Gasteiger partial charge in [0.2, 0.25) is 5.91 Å². The first-order valence-electron chi connectivity index (χ1n) is 11.1. The molecular formula is C25H27ClN4O2S. The highest BCUT2D eigenvalue weighted by Crippen LogP contribution is 2.36. The minimum atomic E-state index is -0.438. The Balaban J connectivity index is 1.61. The van der Waals surface area contributed by atoms with Gasteiger partial charge in [-0.25, -0.2) is 9.89 Å². The van der Waals surface area contributed by atoms with E-state index in [2.05, 4.69) is 19.2 Å². The number of amides is 2. The summed E-state index contributed by atoms with van der Waals surface area (Å²) in [6.07, 6.45) is 1.24. The molecule has 0 aliphatic carbocycles. The summed E-state index contributed by atoms with van der Waals surface area (Å²) in [4.78, 5) is 37.5. The van der Waals surface area contributed by atoms with E-state index in [1.165, 1.54) is 11.8 Å². The van der Waals surface area contributed by atoms with Gasteiger partial charge >= 0.3 is 0 Å². The predicted octanol–water partition coefficient (Wildman–Crippen LogP) is 5.80. The van der Waals surface area contributed by atoms with Crippen LogP contribution in [-0.2, 0) is 9.59 Å². The Kier molecular flexibility index (Phi) is 6.91. The summed E-state index contributed by atoms with van der Waals surface area (Å²) in [7, 11) is 0. The standard InChI is InChI=1S/C25H27ClN4O2S/c1-5-21(23(31)27-16-11-10-15(4)18(26)13-16)33-25-29-19-9-7-6-8-17(19)22-28-20(12-14(2)3)24(32)30(22)25/h6-11,13-14,20-21H,5,12H2,1-4H3,(H,27,31)/t20-,21-/m0/s1. The third-order valence-corrected chi connectivity index (χ3v) is 7.32. The SMILES string of the molecule is CC[C@H](SC1=Nc2ccccc2C2=N[C@@H](CC(C)C)C(=O)N12)C(=O)Nc1ccc(C)c(Cl)c1. The number of hydrogen-bond acceptors (Lipinski definition) is 5. The van der Waals surface area contributed by atoms with Crippen molar-refractivity contribution < 1.29 is 9.59 Å². The monoisotopic (exact) mass is 482 g/mol. The van der Waals surface area contributed by atoms with E-state index in [9.17, 15) is 9.59 Å². The topological polar surface area (TPSA) is 74.1 Å². The fraction of sp³-hybridized carbons (Fsp3) is 0.360. The van der Waals surface area contributed by atoms with E-state index in [1.54, 1.807) is 11.0 Å². The number of carbonyl (C=O) groups excluding carboxylic acids is 2. The van der Waals surface area contributed by atoms with Crippen LogP contribution >= 0.6 is 23.4 Å². The van der Waals surface area contributed by atoms with Crippen LogP contribution in [0, 0.1) is 12.8 Å².